The van der Waals surface area contributed by atoms with Crippen LogP contribution >= 0.6 is 0 Å². The lowest BCUT2D eigenvalue weighted by atomic mass is 9.89. The molecule has 1 N–H and O–H groups in total. The van der Waals surface area contributed by atoms with Gasteiger partial charge in [-0.05, 0) is 47.2 Å². The van der Waals surface area contributed by atoms with Crippen LogP contribution in [0.15, 0.2) is 59.7 Å². The Morgan fingerprint density at radius 3 is 2.80 bits per heavy atom. The predicted molar refractivity (Wildman–Crippen MR) is 80.9 cm³/mol. The molecule has 0 aliphatic heterocycles. The highest BCUT2D eigenvalue weighted by Crippen LogP contribution is 2.28. The van der Waals surface area contributed by atoms with Gasteiger partial charge in [0.05, 0.1) is 0 Å². The van der Waals surface area contributed by atoms with Crippen molar-refractivity contribution in [3.05, 3.63) is 76.3 Å². The molecule has 3 rings (SSSR count). The Morgan fingerprint density at radius 1 is 1.15 bits per heavy atom. The lowest BCUT2D eigenvalue weighted by molar-refractivity contribution is 0.774. The monoisotopic (exact) mass is 264 g/mol. The molecule has 0 saturated heterocycles. The number of nitrogens with zero attached hydrogens (tertiary/aromatic N) is 1. The third kappa shape index (κ3) is 2.35. The smallest absolute Gasteiger partial charge is 0.248 e. The van der Waals surface area contributed by atoms with E-state index in [4.69, 9.17) is 0 Å². The van der Waals surface area contributed by atoms with Gasteiger partial charge in [0.2, 0.25) is 5.56 Å². The van der Waals surface area contributed by atoms with E-state index in [1.165, 1.54) is 11.1 Å². The number of hydrogen-bond donors (Lipinski definition) is 1. The third-order valence-electron chi connectivity index (χ3n) is 3.65. The van der Waals surface area contributed by atoms with Crippen LogP contribution in [0, 0.1) is 0 Å². The van der Waals surface area contributed by atoms with Gasteiger partial charge in [0.15, 0.2) is 0 Å². The normalized spacial score (nSPS) is 12.4. The fourth-order valence-corrected chi connectivity index (χ4v) is 2.64. The van der Waals surface area contributed by atoms with E-state index < -0.39 is 0 Å². The molecule has 3 heteroatoms. The van der Waals surface area contributed by atoms with Crippen LogP contribution in [0.5, 0.6) is 0 Å². The van der Waals surface area contributed by atoms with E-state index in [0.717, 1.165) is 17.3 Å². The third-order valence-corrected chi connectivity index (χ3v) is 3.65. The Balaban J connectivity index is 2.08. The summed E-state index contributed by atoms with van der Waals surface area (Å²) in [6.07, 6.45) is 4.73. The van der Waals surface area contributed by atoms with Gasteiger partial charge >= 0.3 is 0 Å². The van der Waals surface area contributed by atoms with Crippen LogP contribution in [0.2, 0.25) is 0 Å². The largest absolute Gasteiger partial charge is 0.322 e. The van der Waals surface area contributed by atoms with E-state index in [0.29, 0.717) is 5.92 Å². The maximum Gasteiger partial charge on any atom is 0.248 e. The molecule has 0 fully saturated rings. The van der Waals surface area contributed by atoms with Crippen LogP contribution in [-0.4, -0.2) is 9.97 Å². The number of pyridine rings is 2. The van der Waals surface area contributed by atoms with Crippen molar-refractivity contribution in [3.8, 4) is 0 Å². The van der Waals surface area contributed by atoms with Gasteiger partial charge in [-0.15, -0.1) is 0 Å². The number of H-pyrrole nitrogens is 1. The zero-order chi connectivity index (χ0) is 13.9. The average Bonchev–Trinajstić information content (AvgIpc) is 2.49. The van der Waals surface area contributed by atoms with Crippen LogP contribution < -0.4 is 5.56 Å². The van der Waals surface area contributed by atoms with Crippen LogP contribution in [0.3, 0.4) is 0 Å². The zero-order valence-corrected chi connectivity index (χ0v) is 11.3. The Labute approximate surface area is 117 Å². The van der Waals surface area contributed by atoms with Crippen molar-refractivity contribution in [2.45, 2.75) is 19.3 Å². The zero-order valence-electron chi connectivity index (χ0n) is 11.3. The second-order valence-corrected chi connectivity index (χ2v) is 4.92. The molecular weight excluding hydrogens is 248 g/mol. The minimum Gasteiger partial charge on any atom is -0.322 e. The van der Waals surface area contributed by atoms with Crippen LogP contribution in [-0.2, 0) is 0 Å². The topological polar surface area (TPSA) is 45.8 Å². The first-order valence-electron chi connectivity index (χ1n) is 6.81. The molecule has 0 amide bonds. The summed E-state index contributed by atoms with van der Waals surface area (Å²) in [5.41, 5.74) is 3.28. The van der Waals surface area contributed by atoms with Gasteiger partial charge in [-0.3, -0.25) is 9.78 Å². The van der Waals surface area contributed by atoms with Crippen LogP contribution in [0.4, 0.5) is 0 Å². The number of hydrogen-bond acceptors (Lipinski definition) is 2. The van der Waals surface area contributed by atoms with Gasteiger partial charge in [0.25, 0.3) is 0 Å². The maximum atomic E-state index is 11.3. The first-order valence-corrected chi connectivity index (χ1v) is 6.81. The minimum absolute atomic E-state index is 0.0652. The lowest BCUT2D eigenvalue weighted by Gasteiger charge is -2.16. The first kappa shape index (κ1) is 12.6. The molecule has 0 radical (unpaired) electrons. The predicted octanol–water partition coefficient (Wildman–Crippen LogP) is 3.47. The molecule has 0 bridgehead atoms. The molecule has 1 atom stereocenters. The van der Waals surface area contributed by atoms with Crippen molar-refractivity contribution in [2.24, 2.45) is 0 Å². The second-order valence-electron chi connectivity index (χ2n) is 4.92. The summed E-state index contributed by atoms with van der Waals surface area (Å²) >= 11 is 0. The summed E-state index contributed by atoms with van der Waals surface area (Å²) in [7, 11) is 0. The summed E-state index contributed by atoms with van der Waals surface area (Å²) in [5.74, 6) is 0.333. The highest BCUT2D eigenvalue weighted by atomic mass is 16.1. The van der Waals surface area contributed by atoms with Gasteiger partial charge in [-0.2, -0.15) is 0 Å². The van der Waals surface area contributed by atoms with Gasteiger partial charge in [0, 0.05) is 29.9 Å². The minimum atomic E-state index is -0.0652. The Kier molecular flexibility index (Phi) is 3.33. The number of fused-ring (bicyclic) bond motifs is 1. The lowest BCUT2D eigenvalue weighted by Crippen LogP contribution is -2.04. The Bertz CT molecular complexity index is 778. The first-order chi connectivity index (χ1) is 9.78. The number of aromatic nitrogens is 2. The molecule has 0 saturated carbocycles. The molecular formula is C17H16N2O. The van der Waals surface area contributed by atoms with Gasteiger partial charge in [-0.1, -0.05) is 19.1 Å². The number of nitrogens with one attached hydrogen (secondary N) is 1. The van der Waals surface area contributed by atoms with Gasteiger partial charge in [0.1, 0.15) is 0 Å². The Hall–Kier alpha value is -2.42. The molecule has 3 nitrogen and oxygen atoms in total. The van der Waals surface area contributed by atoms with Crippen molar-refractivity contribution in [3.63, 3.8) is 0 Å². The van der Waals surface area contributed by atoms with Crippen molar-refractivity contribution in [1.82, 2.24) is 9.97 Å². The fourth-order valence-electron chi connectivity index (χ4n) is 2.64. The number of aromatic amines is 1. The molecule has 2 heterocycles. The Morgan fingerprint density at radius 2 is 2.05 bits per heavy atom. The SMILES string of the molecule is CCC(c1cccnc1)c1ccc2[nH]c(=O)ccc2c1. The van der Waals surface area contributed by atoms with Crippen molar-refractivity contribution >= 4 is 10.9 Å². The molecule has 1 unspecified atom stereocenters. The van der Waals surface area contributed by atoms with E-state index in [9.17, 15) is 4.79 Å². The highest BCUT2D eigenvalue weighted by Gasteiger charge is 2.12. The summed E-state index contributed by atoms with van der Waals surface area (Å²) in [5, 5.41) is 1.06. The van der Waals surface area contributed by atoms with E-state index in [1.54, 1.807) is 12.3 Å². The van der Waals surface area contributed by atoms with Crippen LogP contribution in [0.1, 0.15) is 30.4 Å². The summed E-state index contributed by atoms with van der Waals surface area (Å²) < 4.78 is 0. The molecule has 0 aliphatic rings. The molecule has 2 aromatic heterocycles. The van der Waals surface area contributed by atoms with E-state index in [-0.39, 0.29) is 5.56 Å². The summed E-state index contributed by atoms with van der Waals surface area (Å²) in [6.45, 7) is 2.18. The second kappa shape index (κ2) is 5.29. The van der Waals surface area contributed by atoms with E-state index in [2.05, 4.69) is 35.1 Å². The molecule has 20 heavy (non-hydrogen) atoms. The van der Waals surface area contributed by atoms with E-state index in [1.807, 2.05) is 24.4 Å². The van der Waals surface area contributed by atoms with Crippen molar-refractivity contribution in [2.75, 3.05) is 0 Å². The average molecular weight is 264 g/mol. The standard InChI is InChI=1S/C17H16N2O/c1-2-15(14-4-3-9-18-11-14)12-5-7-16-13(10-12)6-8-17(20)19-16/h3-11,15H,2H2,1H3,(H,19,20). The molecule has 3 aromatic rings. The van der Waals surface area contributed by atoms with Crippen molar-refractivity contribution < 1.29 is 0 Å². The molecule has 100 valence electrons. The molecule has 0 spiro atoms. The quantitative estimate of drug-likeness (QED) is 0.787. The maximum absolute atomic E-state index is 11.3. The van der Waals surface area contributed by atoms with Crippen LogP contribution in [0.25, 0.3) is 10.9 Å². The van der Waals surface area contributed by atoms with Crippen molar-refractivity contribution in [1.29, 1.82) is 0 Å². The van der Waals surface area contributed by atoms with Gasteiger partial charge in [-0.25, -0.2) is 0 Å². The number of benzene rings is 1. The summed E-state index contributed by atoms with van der Waals surface area (Å²) in [6, 6.07) is 13.7. The van der Waals surface area contributed by atoms with E-state index >= 15 is 0 Å². The number of rotatable bonds is 3. The molecule has 1 aromatic carbocycles. The van der Waals surface area contributed by atoms with Gasteiger partial charge < -0.3 is 4.98 Å². The summed E-state index contributed by atoms with van der Waals surface area (Å²) in [4.78, 5) is 18.4. The molecule has 0 aliphatic carbocycles. The highest BCUT2D eigenvalue weighted by molar-refractivity contribution is 5.79. The fraction of sp³-hybridized carbons (Fsp3) is 0.176.